The molecule has 0 spiro atoms. The van der Waals surface area contributed by atoms with Crippen LogP contribution in [0, 0.1) is 0 Å². The number of fused-ring (bicyclic) bond motifs is 1. The summed E-state index contributed by atoms with van der Waals surface area (Å²) in [6.07, 6.45) is 3.86. The molecule has 0 aromatic heterocycles. The smallest absolute Gasteiger partial charge is 0.338 e. The monoisotopic (exact) mass is 436 g/mol. The largest absolute Gasteiger partial charge is 0.452 e. The zero-order valence-corrected chi connectivity index (χ0v) is 18.6. The second-order valence-electron chi connectivity index (χ2n) is 7.92. The summed E-state index contributed by atoms with van der Waals surface area (Å²) in [7, 11) is 0. The molecule has 2 aromatic carbocycles. The van der Waals surface area contributed by atoms with Gasteiger partial charge < -0.3 is 10.1 Å². The van der Waals surface area contributed by atoms with Crippen molar-refractivity contribution in [3.8, 4) is 0 Å². The molecule has 2 aromatic rings. The summed E-state index contributed by atoms with van der Waals surface area (Å²) in [4.78, 5) is 50.9. The molecule has 168 valence electrons. The lowest BCUT2D eigenvalue weighted by Crippen LogP contribution is -2.37. The van der Waals surface area contributed by atoms with Crippen LogP contribution in [0.1, 0.15) is 76.7 Å². The molecule has 0 radical (unpaired) electrons. The van der Waals surface area contributed by atoms with Gasteiger partial charge in [0.05, 0.1) is 16.7 Å². The Bertz CT molecular complexity index is 1030. The number of unbranched alkanes of at least 4 members (excludes halogenated alkanes) is 1. The highest BCUT2D eigenvalue weighted by atomic mass is 16.5. The summed E-state index contributed by atoms with van der Waals surface area (Å²) in [6.45, 7) is 5.37. The fourth-order valence-corrected chi connectivity index (χ4v) is 3.52. The van der Waals surface area contributed by atoms with E-state index in [1.807, 2.05) is 31.2 Å². The maximum Gasteiger partial charge on any atom is 0.338 e. The van der Waals surface area contributed by atoms with Crippen LogP contribution >= 0.6 is 0 Å². The number of rotatable bonds is 9. The average molecular weight is 437 g/mol. The van der Waals surface area contributed by atoms with E-state index in [9.17, 15) is 19.2 Å². The van der Waals surface area contributed by atoms with Gasteiger partial charge in [-0.1, -0.05) is 32.4 Å². The maximum atomic E-state index is 12.6. The lowest BCUT2D eigenvalue weighted by Gasteiger charge is -2.20. The normalized spacial score (nSPS) is 13.7. The minimum atomic E-state index is -0.736. The Kier molecular flexibility index (Phi) is 7.41. The van der Waals surface area contributed by atoms with E-state index in [2.05, 4.69) is 12.2 Å². The van der Waals surface area contributed by atoms with Crippen LogP contribution in [0.4, 0.5) is 5.69 Å². The molecule has 1 aliphatic heterocycles. The van der Waals surface area contributed by atoms with Crippen LogP contribution in [-0.4, -0.2) is 41.2 Å². The molecule has 1 unspecified atom stereocenters. The number of anilines is 1. The van der Waals surface area contributed by atoms with Gasteiger partial charge in [-0.3, -0.25) is 19.3 Å². The molecular formula is C25H28N2O5. The Balaban J connectivity index is 1.58. The van der Waals surface area contributed by atoms with Crippen LogP contribution in [0.5, 0.6) is 0 Å². The second kappa shape index (κ2) is 10.2. The fraction of sp³-hybridized carbons (Fsp3) is 0.360. The molecule has 1 atom stereocenters. The Labute approximate surface area is 187 Å². The van der Waals surface area contributed by atoms with Crippen LogP contribution in [0.3, 0.4) is 0 Å². The zero-order valence-electron chi connectivity index (χ0n) is 18.6. The van der Waals surface area contributed by atoms with Gasteiger partial charge in [0.1, 0.15) is 0 Å². The third-order valence-corrected chi connectivity index (χ3v) is 5.58. The van der Waals surface area contributed by atoms with Gasteiger partial charge in [0.25, 0.3) is 17.7 Å². The van der Waals surface area contributed by atoms with Crippen molar-refractivity contribution < 1.29 is 23.9 Å². The molecule has 32 heavy (non-hydrogen) atoms. The molecule has 0 saturated carbocycles. The van der Waals surface area contributed by atoms with E-state index in [0.717, 1.165) is 19.3 Å². The zero-order chi connectivity index (χ0) is 23.3. The van der Waals surface area contributed by atoms with Gasteiger partial charge in [-0.05, 0) is 62.1 Å². The molecule has 7 nitrogen and oxygen atoms in total. The van der Waals surface area contributed by atoms with Crippen molar-refractivity contribution in [1.82, 2.24) is 4.90 Å². The molecule has 3 amide bonds. The first-order valence-corrected chi connectivity index (χ1v) is 10.9. The highest BCUT2D eigenvalue weighted by Crippen LogP contribution is 2.26. The van der Waals surface area contributed by atoms with Crippen LogP contribution in [0.15, 0.2) is 42.5 Å². The van der Waals surface area contributed by atoms with Crippen molar-refractivity contribution in [3.05, 3.63) is 64.7 Å². The fourth-order valence-electron chi connectivity index (χ4n) is 3.52. The van der Waals surface area contributed by atoms with Crippen molar-refractivity contribution >= 4 is 29.4 Å². The van der Waals surface area contributed by atoms with E-state index in [-0.39, 0.29) is 28.6 Å². The Morgan fingerprint density at radius 3 is 2.34 bits per heavy atom. The average Bonchev–Trinajstić information content (AvgIpc) is 3.06. The Morgan fingerprint density at radius 2 is 1.69 bits per heavy atom. The summed E-state index contributed by atoms with van der Waals surface area (Å²) in [5, 5.41) is 2.69. The third-order valence-electron chi connectivity index (χ3n) is 5.58. The van der Waals surface area contributed by atoms with E-state index in [4.69, 9.17) is 4.74 Å². The Hall–Kier alpha value is -3.48. The maximum absolute atomic E-state index is 12.6. The first-order valence-electron chi connectivity index (χ1n) is 10.9. The summed E-state index contributed by atoms with van der Waals surface area (Å²) in [5.41, 5.74) is 2.39. The third kappa shape index (κ3) is 5.04. The number of hydrogen-bond donors (Lipinski definition) is 1. The van der Waals surface area contributed by atoms with Crippen molar-refractivity contribution in [2.45, 2.75) is 52.5 Å². The van der Waals surface area contributed by atoms with Gasteiger partial charge in [0.15, 0.2) is 6.61 Å². The van der Waals surface area contributed by atoms with Gasteiger partial charge in [0, 0.05) is 11.7 Å². The van der Waals surface area contributed by atoms with Crippen molar-refractivity contribution in [2.24, 2.45) is 0 Å². The highest BCUT2D eigenvalue weighted by molar-refractivity contribution is 6.22. The van der Waals surface area contributed by atoms with Crippen molar-refractivity contribution in [2.75, 3.05) is 11.9 Å². The second-order valence-corrected chi connectivity index (χ2v) is 7.92. The highest BCUT2D eigenvalue weighted by Gasteiger charge is 2.38. The molecule has 7 heteroatoms. The van der Waals surface area contributed by atoms with Gasteiger partial charge in [-0.15, -0.1) is 0 Å². The SMILES string of the molecule is CCCCc1ccc(NC(=O)COC(=O)c2ccc3c(c2)C(=O)N(C(C)CC)C3=O)cc1. The molecule has 1 aliphatic rings. The van der Waals surface area contributed by atoms with Crippen LogP contribution in [-0.2, 0) is 16.0 Å². The summed E-state index contributed by atoms with van der Waals surface area (Å²) < 4.78 is 5.10. The molecule has 0 fully saturated rings. The summed E-state index contributed by atoms with van der Waals surface area (Å²) in [6, 6.07) is 11.6. The van der Waals surface area contributed by atoms with E-state index in [0.29, 0.717) is 12.1 Å². The van der Waals surface area contributed by atoms with Crippen molar-refractivity contribution in [3.63, 3.8) is 0 Å². The van der Waals surface area contributed by atoms with E-state index in [1.54, 1.807) is 6.92 Å². The summed E-state index contributed by atoms with van der Waals surface area (Å²) >= 11 is 0. The standard InChI is InChI=1S/C25H28N2O5/c1-4-6-7-17-8-11-19(12-9-17)26-22(28)15-32-25(31)18-10-13-20-21(14-18)24(30)27(23(20)29)16(3)5-2/h8-14,16H,4-7,15H2,1-3H3,(H,26,28). The van der Waals surface area contributed by atoms with Crippen LogP contribution in [0.2, 0.25) is 0 Å². The van der Waals surface area contributed by atoms with Gasteiger partial charge in [-0.25, -0.2) is 4.79 Å². The van der Waals surface area contributed by atoms with Gasteiger partial charge in [-0.2, -0.15) is 0 Å². The molecule has 1 heterocycles. The number of nitrogens with one attached hydrogen (secondary N) is 1. The Morgan fingerprint density at radius 1 is 1.00 bits per heavy atom. The first kappa shape index (κ1) is 23.2. The van der Waals surface area contributed by atoms with Crippen molar-refractivity contribution in [1.29, 1.82) is 0 Å². The van der Waals surface area contributed by atoms with Gasteiger partial charge in [0.2, 0.25) is 0 Å². The number of amides is 3. The van der Waals surface area contributed by atoms with E-state index >= 15 is 0 Å². The first-order chi connectivity index (χ1) is 15.3. The minimum Gasteiger partial charge on any atom is -0.452 e. The number of carbonyl (C=O) groups excluding carboxylic acids is 4. The number of aryl methyl sites for hydroxylation is 1. The quantitative estimate of drug-likeness (QED) is 0.469. The molecule has 1 N–H and O–H groups in total. The molecule has 3 rings (SSSR count). The number of ether oxygens (including phenoxy) is 1. The van der Waals surface area contributed by atoms with Gasteiger partial charge >= 0.3 is 5.97 Å². The number of nitrogens with zero attached hydrogens (tertiary/aromatic N) is 1. The van der Waals surface area contributed by atoms with E-state index < -0.39 is 24.4 Å². The topological polar surface area (TPSA) is 92.8 Å². The van der Waals surface area contributed by atoms with Crippen LogP contribution in [0.25, 0.3) is 0 Å². The predicted octanol–water partition coefficient (Wildman–Crippen LogP) is 4.22. The number of imide groups is 1. The minimum absolute atomic E-state index is 0.115. The number of benzene rings is 2. The molecule has 0 bridgehead atoms. The molecular weight excluding hydrogens is 408 g/mol. The summed E-state index contributed by atoms with van der Waals surface area (Å²) in [5.74, 6) is -1.98. The predicted molar refractivity (Wildman–Crippen MR) is 121 cm³/mol. The molecule has 0 saturated heterocycles. The lowest BCUT2D eigenvalue weighted by molar-refractivity contribution is -0.119. The number of esters is 1. The number of hydrogen-bond acceptors (Lipinski definition) is 5. The molecule has 0 aliphatic carbocycles. The lowest BCUT2D eigenvalue weighted by atomic mass is 10.1. The van der Waals surface area contributed by atoms with Crippen LogP contribution < -0.4 is 5.32 Å². The number of carbonyl (C=O) groups is 4. The van der Waals surface area contributed by atoms with E-state index in [1.165, 1.54) is 28.7 Å².